The predicted octanol–water partition coefficient (Wildman–Crippen LogP) is 5.89. The normalized spacial score (nSPS) is 10.8. The largest absolute Gasteiger partial charge is 0.497 e. The number of fused-ring (bicyclic) bond motifs is 1. The first-order chi connectivity index (χ1) is 14.5. The Morgan fingerprint density at radius 3 is 2.50 bits per heavy atom. The second-order valence-electron chi connectivity index (χ2n) is 6.79. The van der Waals surface area contributed by atoms with Crippen LogP contribution < -0.4 is 10.1 Å². The van der Waals surface area contributed by atoms with Crippen molar-refractivity contribution in [3.05, 3.63) is 94.2 Å². The number of carbonyl (C=O) groups excluding carboxylic acids is 2. The summed E-state index contributed by atoms with van der Waals surface area (Å²) in [4.78, 5) is 25.4. The van der Waals surface area contributed by atoms with Gasteiger partial charge in [0, 0.05) is 32.8 Å². The number of amides is 1. The smallest absolute Gasteiger partial charge is 0.255 e. The molecule has 0 saturated carbocycles. The number of ether oxygens (including phenoxy) is 1. The number of nitrogens with one attached hydrogen (secondary N) is 1. The third-order valence-corrected chi connectivity index (χ3v) is 5.05. The van der Waals surface area contributed by atoms with Crippen LogP contribution in [0.3, 0.4) is 0 Å². The van der Waals surface area contributed by atoms with Crippen molar-refractivity contribution in [1.29, 1.82) is 0 Å². The molecule has 1 amide bonds. The van der Waals surface area contributed by atoms with E-state index in [9.17, 15) is 9.59 Å². The third-order valence-electron chi connectivity index (χ3n) is 4.82. The number of carbonyl (C=O) groups is 2. The van der Waals surface area contributed by atoms with E-state index in [2.05, 4.69) is 5.32 Å². The summed E-state index contributed by atoms with van der Waals surface area (Å²) < 4.78 is 11.0. The van der Waals surface area contributed by atoms with Crippen LogP contribution in [0.25, 0.3) is 11.0 Å². The highest BCUT2D eigenvalue weighted by atomic mass is 35.5. The van der Waals surface area contributed by atoms with Crippen molar-refractivity contribution in [2.24, 2.45) is 0 Å². The van der Waals surface area contributed by atoms with Crippen molar-refractivity contribution in [1.82, 2.24) is 0 Å². The molecular formula is C24H18ClNO4. The summed E-state index contributed by atoms with van der Waals surface area (Å²) in [5, 5.41) is 4.09. The quantitative estimate of drug-likeness (QED) is 0.410. The minimum Gasteiger partial charge on any atom is -0.497 e. The minimum atomic E-state index is -0.273. The Balaban J connectivity index is 1.65. The lowest BCUT2D eigenvalue weighted by Gasteiger charge is -2.05. The highest BCUT2D eigenvalue weighted by molar-refractivity contribution is 6.31. The van der Waals surface area contributed by atoms with Gasteiger partial charge in [-0.3, -0.25) is 9.59 Å². The van der Waals surface area contributed by atoms with Crippen molar-refractivity contribution < 1.29 is 18.7 Å². The lowest BCUT2D eigenvalue weighted by molar-refractivity contribution is 0.101. The second-order valence-corrected chi connectivity index (χ2v) is 7.23. The molecule has 150 valence electrons. The first-order valence-electron chi connectivity index (χ1n) is 9.25. The predicted molar refractivity (Wildman–Crippen MR) is 117 cm³/mol. The van der Waals surface area contributed by atoms with Crippen LogP contribution in [0.15, 0.2) is 71.1 Å². The highest BCUT2D eigenvalue weighted by Crippen LogP contribution is 2.30. The summed E-state index contributed by atoms with van der Waals surface area (Å²) in [7, 11) is 1.55. The van der Waals surface area contributed by atoms with Crippen molar-refractivity contribution in [2.75, 3.05) is 12.4 Å². The van der Waals surface area contributed by atoms with Crippen molar-refractivity contribution in [2.45, 2.75) is 6.92 Å². The van der Waals surface area contributed by atoms with Gasteiger partial charge in [-0.25, -0.2) is 0 Å². The van der Waals surface area contributed by atoms with E-state index in [0.29, 0.717) is 38.7 Å². The van der Waals surface area contributed by atoms with Gasteiger partial charge in [-0.2, -0.15) is 0 Å². The fourth-order valence-corrected chi connectivity index (χ4v) is 3.43. The number of hydrogen-bond donors (Lipinski definition) is 1. The maximum absolute atomic E-state index is 13.0. The zero-order valence-electron chi connectivity index (χ0n) is 16.4. The molecule has 0 aliphatic heterocycles. The SMILES string of the molecule is COc1cccc(C(=O)c2oc3ccc(NC(=O)c4cccc(Cl)c4)cc3c2C)c1. The Hall–Kier alpha value is -3.57. The lowest BCUT2D eigenvalue weighted by Crippen LogP contribution is -2.11. The number of benzene rings is 3. The molecule has 0 aliphatic rings. The first-order valence-corrected chi connectivity index (χ1v) is 9.63. The van der Waals surface area contributed by atoms with Crippen molar-refractivity contribution in [3.63, 3.8) is 0 Å². The number of ketones is 1. The highest BCUT2D eigenvalue weighted by Gasteiger charge is 2.20. The van der Waals surface area contributed by atoms with Crippen LogP contribution >= 0.6 is 11.6 Å². The molecule has 0 atom stereocenters. The van der Waals surface area contributed by atoms with E-state index in [1.54, 1.807) is 73.8 Å². The van der Waals surface area contributed by atoms with Crippen LogP contribution in [0.5, 0.6) is 5.75 Å². The van der Waals surface area contributed by atoms with E-state index < -0.39 is 0 Å². The molecule has 1 aromatic heterocycles. The summed E-state index contributed by atoms with van der Waals surface area (Å²) >= 11 is 5.96. The molecule has 3 aromatic carbocycles. The maximum Gasteiger partial charge on any atom is 0.255 e. The molecule has 0 aliphatic carbocycles. The first kappa shape index (κ1) is 19.7. The Bertz CT molecular complexity index is 1280. The van der Waals surface area contributed by atoms with E-state index in [-0.39, 0.29) is 17.5 Å². The van der Waals surface area contributed by atoms with Gasteiger partial charge in [0.05, 0.1) is 7.11 Å². The molecular weight excluding hydrogens is 402 g/mol. The van der Waals surface area contributed by atoms with Crippen LogP contribution in [-0.4, -0.2) is 18.8 Å². The molecule has 0 spiro atoms. The summed E-state index contributed by atoms with van der Waals surface area (Å²) in [6.45, 7) is 1.82. The Labute approximate surface area is 178 Å². The molecule has 0 saturated heterocycles. The van der Waals surface area contributed by atoms with Gasteiger partial charge in [0.2, 0.25) is 5.78 Å². The van der Waals surface area contributed by atoms with Gasteiger partial charge in [0.15, 0.2) is 5.76 Å². The van der Waals surface area contributed by atoms with E-state index in [4.69, 9.17) is 20.8 Å². The standard InChI is InChI=1S/C24H18ClNO4/c1-14-20-13-18(26-24(28)16-6-3-7-17(25)11-16)9-10-21(20)30-23(14)22(27)15-5-4-8-19(12-15)29-2/h3-13H,1-2H3,(H,26,28). The molecule has 0 unspecified atom stereocenters. The van der Waals surface area contributed by atoms with Crippen LogP contribution in [-0.2, 0) is 0 Å². The van der Waals surface area contributed by atoms with Gasteiger partial charge < -0.3 is 14.5 Å². The molecule has 0 fully saturated rings. The van der Waals surface area contributed by atoms with E-state index >= 15 is 0 Å². The average molecular weight is 420 g/mol. The van der Waals surface area contributed by atoms with Crippen LogP contribution in [0, 0.1) is 6.92 Å². The number of furan rings is 1. The molecule has 1 heterocycles. The second kappa shape index (κ2) is 8.05. The fraction of sp³-hybridized carbons (Fsp3) is 0.0833. The number of rotatable bonds is 5. The molecule has 6 heteroatoms. The van der Waals surface area contributed by atoms with Crippen molar-refractivity contribution in [3.8, 4) is 5.75 Å². The molecule has 30 heavy (non-hydrogen) atoms. The van der Waals surface area contributed by atoms with Crippen molar-refractivity contribution >= 4 is 39.9 Å². The third kappa shape index (κ3) is 3.80. The molecule has 0 bridgehead atoms. The van der Waals surface area contributed by atoms with E-state index in [1.807, 2.05) is 6.92 Å². The average Bonchev–Trinajstić information content (AvgIpc) is 3.09. The number of halogens is 1. The van der Waals surface area contributed by atoms with Crippen LogP contribution in [0.1, 0.15) is 32.0 Å². The van der Waals surface area contributed by atoms with Crippen LogP contribution in [0.2, 0.25) is 5.02 Å². The summed E-state index contributed by atoms with van der Waals surface area (Å²) in [5.74, 6) is 0.356. The van der Waals surface area contributed by atoms with Gasteiger partial charge in [0.1, 0.15) is 11.3 Å². The molecule has 5 nitrogen and oxygen atoms in total. The van der Waals surface area contributed by atoms with Crippen LogP contribution in [0.4, 0.5) is 5.69 Å². The van der Waals surface area contributed by atoms with E-state index in [0.717, 1.165) is 5.39 Å². The zero-order chi connectivity index (χ0) is 21.3. The Kier molecular flexibility index (Phi) is 5.29. The monoisotopic (exact) mass is 419 g/mol. The topological polar surface area (TPSA) is 68.5 Å². The van der Waals surface area contributed by atoms with Gasteiger partial charge in [-0.15, -0.1) is 0 Å². The lowest BCUT2D eigenvalue weighted by atomic mass is 10.0. The number of aryl methyl sites for hydroxylation is 1. The Morgan fingerprint density at radius 1 is 0.967 bits per heavy atom. The Morgan fingerprint density at radius 2 is 1.73 bits per heavy atom. The number of methoxy groups -OCH3 is 1. The number of hydrogen-bond acceptors (Lipinski definition) is 4. The molecule has 4 rings (SSSR count). The molecule has 0 radical (unpaired) electrons. The minimum absolute atomic E-state index is 0.230. The number of anilines is 1. The zero-order valence-corrected chi connectivity index (χ0v) is 17.1. The van der Waals surface area contributed by atoms with Gasteiger partial charge in [-0.1, -0.05) is 29.8 Å². The van der Waals surface area contributed by atoms with Gasteiger partial charge >= 0.3 is 0 Å². The maximum atomic E-state index is 13.0. The molecule has 1 N–H and O–H groups in total. The van der Waals surface area contributed by atoms with E-state index in [1.165, 1.54) is 0 Å². The van der Waals surface area contributed by atoms with Gasteiger partial charge in [-0.05, 0) is 55.5 Å². The summed E-state index contributed by atoms with van der Waals surface area (Å²) in [6, 6.07) is 18.9. The summed E-state index contributed by atoms with van der Waals surface area (Å²) in [6.07, 6.45) is 0. The fourth-order valence-electron chi connectivity index (χ4n) is 3.24. The molecule has 4 aromatic rings. The van der Waals surface area contributed by atoms with Gasteiger partial charge in [0.25, 0.3) is 5.91 Å². The summed E-state index contributed by atoms with van der Waals surface area (Å²) in [5.41, 5.74) is 2.80.